The Bertz CT molecular complexity index is 608. The molecule has 1 saturated carbocycles. The van der Waals surface area contributed by atoms with E-state index in [-0.39, 0.29) is 11.2 Å². The number of carbonyl (C=O) groups is 1. The van der Waals surface area contributed by atoms with Gasteiger partial charge in [0.25, 0.3) is 0 Å². The second kappa shape index (κ2) is 4.52. The van der Waals surface area contributed by atoms with Gasteiger partial charge in [0.05, 0.1) is 11.2 Å². The molecule has 0 bridgehead atoms. The van der Waals surface area contributed by atoms with Gasteiger partial charge in [0.1, 0.15) is 0 Å². The number of fused-ring (bicyclic) bond motifs is 1. The van der Waals surface area contributed by atoms with E-state index in [2.05, 4.69) is 10.0 Å². The van der Waals surface area contributed by atoms with Gasteiger partial charge in [-0.3, -0.25) is 9.52 Å². The van der Waals surface area contributed by atoms with E-state index in [4.69, 9.17) is 0 Å². The predicted octanol–water partition coefficient (Wildman–Crippen LogP) is 0.879. The number of para-hydroxylation sites is 1. The van der Waals surface area contributed by atoms with Gasteiger partial charge in [0, 0.05) is 12.2 Å². The monoisotopic (exact) mass is 280 g/mol. The summed E-state index contributed by atoms with van der Waals surface area (Å²) in [6.07, 6.45) is 1.90. The van der Waals surface area contributed by atoms with Crippen LogP contribution in [0.25, 0.3) is 0 Å². The fraction of sp³-hybridized carbons (Fsp3) is 0.462. The first-order valence-electron chi connectivity index (χ1n) is 6.43. The molecule has 2 N–H and O–H groups in total. The first-order chi connectivity index (χ1) is 9.06. The topological polar surface area (TPSA) is 75.3 Å². The van der Waals surface area contributed by atoms with Crippen LogP contribution in [0, 0.1) is 5.92 Å². The smallest absolute Gasteiger partial charge is 0.238 e. The maximum absolute atomic E-state index is 12.0. The lowest BCUT2D eigenvalue weighted by Gasteiger charge is -2.25. The molecule has 0 spiro atoms. The molecule has 19 heavy (non-hydrogen) atoms. The molecule has 5 nitrogen and oxygen atoms in total. The Balaban J connectivity index is 1.69. The highest BCUT2D eigenvalue weighted by Crippen LogP contribution is 2.28. The first kappa shape index (κ1) is 12.5. The fourth-order valence-corrected chi connectivity index (χ4v) is 3.68. The number of nitrogens with one attached hydrogen (secondary N) is 2. The molecule has 6 heteroatoms. The van der Waals surface area contributed by atoms with E-state index in [0.29, 0.717) is 25.8 Å². The van der Waals surface area contributed by atoms with E-state index in [1.807, 2.05) is 24.3 Å². The van der Waals surface area contributed by atoms with E-state index >= 15 is 0 Å². The summed E-state index contributed by atoms with van der Waals surface area (Å²) < 4.78 is 25.7. The molecule has 1 unspecified atom stereocenters. The van der Waals surface area contributed by atoms with Crippen molar-refractivity contribution in [1.29, 1.82) is 0 Å². The molecule has 1 atom stereocenters. The summed E-state index contributed by atoms with van der Waals surface area (Å²) in [5, 5.41) is 2.81. The van der Waals surface area contributed by atoms with Crippen LogP contribution < -0.4 is 10.0 Å². The maximum Gasteiger partial charge on any atom is 0.238 e. The van der Waals surface area contributed by atoms with E-state index in [1.165, 1.54) is 0 Å². The first-order valence-corrected chi connectivity index (χ1v) is 7.98. The second-order valence-electron chi connectivity index (χ2n) is 5.15. The van der Waals surface area contributed by atoms with Gasteiger partial charge in [-0.25, -0.2) is 8.42 Å². The largest absolute Gasteiger partial charge is 0.384 e. The zero-order valence-corrected chi connectivity index (χ0v) is 11.2. The van der Waals surface area contributed by atoms with E-state index in [0.717, 1.165) is 11.3 Å². The summed E-state index contributed by atoms with van der Waals surface area (Å²) >= 11 is 0. The van der Waals surface area contributed by atoms with Crippen LogP contribution in [0.2, 0.25) is 0 Å². The van der Waals surface area contributed by atoms with Crippen LogP contribution in [-0.2, 0) is 21.2 Å². The van der Waals surface area contributed by atoms with Gasteiger partial charge >= 0.3 is 0 Å². The van der Waals surface area contributed by atoms with Gasteiger partial charge in [0.2, 0.25) is 15.9 Å². The number of hydrogen-bond donors (Lipinski definition) is 2. The normalized spacial score (nSPS) is 22.2. The second-order valence-corrected chi connectivity index (χ2v) is 7.11. The minimum atomic E-state index is -3.44. The van der Waals surface area contributed by atoms with Crippen molar-refractivity contribution in [1.82, 2.24) is 4.72 Å². The van der Waals surface area contributed by atoms with Gasteiger partial charge in [-0.15, -0.1) is 0 Å². The Kier molecular flexibility index (Phi) is 2.97. The Morgan fingerprint density at radius 1 is 1.26 bits per heavy atom. The van der Waals surface area contributed by atoms with E-state index < -0.39 is 15.9 Å². The Morgan fingerprint density at radius 2 is 2.00 bits per heavy atom. The molecule has 1 aromatic carbocycles. The Hall–Kier alpha value is -1.56. The average molecular weight is 280 g/mol. The van der Waals surface area contributed by atoms with Crippen LogP contribution >= 0.6 is 0 Å². The van der Waals surface area contributed by atoms with Crippen molar-refractivity contribution >= 4 is 21.6 Å². The molecule has 1 aromatic rings. The van der Waals surface area contributed by atoms with Crippen LogP contribution in [0.5, 0.6) is 0 Å². The third-order valence-corrected chi connectivity index (χ3v) is 5.43. The highest BCUT2D eigenvalue weighted by atomic mass is 32.2. The molecule has 1 fully saturated rings. The molecule has 0 saturated heterocycles. The molecule has 1 heterocycles. The molecule has 3 rings (SSSR count). The van der Waals surface area contributed by atoms with Gasteiger partial charge in [-0.2, -0.15) is 0 Å². The SMILES string of the molecule is O=C(NS(=O)(=O)C1CC1)C1CNc2ccccc2C1. The summed E-state index contributed by atoms with van der Waals surface area (Å²) in [5.41, 5.74) is 2.08. The van der Waals surface area contributed by atoms with Crippen molar-refractivity contribution in [2.45, 2.75) is 24.5 Å². The highest BCUT2D eigenvalue weighted by Gasteiger charge is 2.38. The molecular formula is C13H16N2O3S. The molecule has 2 aliphatic rings. The third kappa shape index (κ3) is 2.58. The quantitative estimate of drug-likeness (QED) is 0.862. The van der Waals surface area contributed by atoms with Crippen LogP contribution in [-0.4, -0.2) is 26.1 Å². The summed E-state index contributed by atoms with van der Waals surface area (Å²) in [7, 11) is -3.44. The molecule has 102 valence electrons. The van der Waals surface area contributed by atoms with Crippen molar-refractivity contribution in [3.05, 3.63) is 29.8 Å². The third-order valence-electron chi connectivity index (χ3n) is 3.60. The van der Waals surface area contributed by atoms with Gasteiger partial charge < -0.3 is 5.32 Å². The predicted molar refractivity (Wildman–Crippen MR) is 72.2 cm³/mol. The van der Waals surface area contributed by atoms with Crippen molar-refractivity contribution in [2.75, 3.05) is 11.9 Å². The average Bonchev–Trinajstić information content (AvgIpc) is 3.22. The van der Waals surface area contributed by atoms with Crippen molar-refractivity contribution < 1.29 is 13.2 Å². The lowest BCUT2D eigenvalue weighted by atomic mass is 9.94. The van der Waals surface area contributed by atoms with Crippen molar-refractivity contribution in [3.63, 3.8) is 0 Å². The lowest BCUT2D eigenvalue weighted by molar-refractivity contribution is -0.122. The van der Waals surface area contributed by atoms with Crippen LogP contribution in [0.4, 0.5) is 5.69 Å². The number of sulfonamides is 1. The summed E-state index contributed by atoms with van der Waals surface area (Å²) in [6, 6.07) is 7.77. The molecule has 1 amide bonds. The Labute approximate surface area is 112 Å². The van der Waals surface area contributed by atoms with Crippen LogP contribution in [0.15, 0.2) is 24.3 Å². The number of anilines is 1. The number of carbonyl (C=O) groups excluding carboxylic acids is 1. The van der Waals surface area contributed by atoms with Crippen LogP contribution in [0.3, 0.4) is 0 Å². The van der Waals surface area contributed by atoms with Gasteiger partial charge in [-0.1, -0.05) is 18.2 Å². The highest BCUT2D eigenvalue weighted by molar-refractivity contribution is 7.90. The number of benzene rings is 1. The maximum atomic E-state index is 12.0. The zero-order chi connectivity index (χ0) is 13.5. The minimum absolute atomic E-state index is 0.330. The van der Waals surface area contributed by atoms with E-state index in [9.17, 15) is 13.2 Å². The minimum Gasteiger partial charge on any atom is -0.384 e. The van der Waals surface area contributed by atoms with Crippen molar-refractivity contribution in [2.24, 2.45) is 5.92 Å². The van der Waals surface area contributed by atoms with Gasteiger partial charge in [-0.05, 0) is 30.9 Å². The number of rotatable bonds is 3. The summed E-state index contributed by atoms with van der Waals surface area (Å²) in [6.45, 7) is 0.475. The zero-order valence-electron chi connectivity index (χ0n) is 10.4. The Morgan fingerprint density at radius 3 is 2.74 bits per heavy atom. The van der Waals surface area contributed by atoms with Crippen molar-refractivity contribution in [3.8, 4) is 0 Å². The molecule has 0 aromatic heterocycles. The standard InChI is InChI=1S/C13H16N2O3S/c16-13(15-19(17,18)11-5-6-11)10-7-9-3-1-2-4-12(9)14-8-10/h1-4,10-11,14H,5-8H2,(H,15,16). The summed E-state index contributed by atoms with van der Waals surface area (Å²) in [5.74, 6) is -0.725. The molecule has 0 radical (unpaired) electrons. The fourth-order valence-electron chi connectivity index (χ4n) is 2.31. The summed E-state index contributed by atoms with van der Waals surface area (Å²) in [4.78, 5) is 12.0. The molecular weight excluding hydrogens is 264 g/mol. The number of amides is 1. The number of hydrogen-bond acceptors (Lipinski definition) is 4. The lowest BCUT2D eigenvalue weighted by Crippen LogP contribution is -2.42. The molecule has 1 aliphatic heterocycles. The molecule has 1 aliphatic carbocycles. The van der Waals surface area contributed by atoms with Crippen LogP contribution in [0.1, 0.15) is 18.4 Å². The van der Waals surface area contributed by atoms with Gasteiger partial charge in [0.15, 0.2) is 0 Å². The van der Waals surface area contributed by atoms with E-state index in [1.54, 1.807) is 0 Å².